The average molecular weight is 395 g/mol. The average Bonchev–Trinajstić information content (AvgIpc) is 3.22. The molecule has 29 heavy (non-hydrogen) atoms. The van der Waals surface area contributed by atoms with E-state index in [9.17, 15) is 0 Å². The molecule has 1 fully saturated rings. The summed E-state index contributed by atoms with van der Waals surface area (Å²) in [6.45, 7) is 4.08. The van der Waals surface area contributed by atoms with Crippen molar-refractivity contribution in [1.82, 2.24) is 15.2 Å². The normalized spacial score (nSPS) is 14.7. The fourth-order valence-electron chi connectivity index (χ4n) is 3.59. The number of hydrogen-bond donors (Lipinski definition) is 6. The molecule has 1 aliphatic rings. The second-order valence-electron chi connectivity index (χ2n) is 7.34. The zero-order chi connectivity index (χ0) is 20.6. The van der Waals surface area contributed by atoms with Crippen molar-refractivity contribution >= 4 is 23.5 Å². The van der Waals surface area contributed by atoms with Crippen molar-refractivity contribution in [2.24, 2.45) is 5.84 Å². The number of pyridine rings is 1. The van der Waals surface area contributed by atoms with Gasteiger partial charge in [-0.05, 0) is 54.3 Å². The summed E-state index contributed by atoms with van der Waals surface area (Å²) in [7, 11) is 0. The third-order valence-electron chi connectivity index (χ3n) is 5.07. The lowest BCUT2D eigenvalue weighted by Crippen LogP contribution is -2.18. The predicted molar refractivity (Wildman–Crippen MR) is 119 cm³/mol. The first-order valence-electron chi connectivity index (χ1n) is 9.83. The number of nitrogens with one attached hydrogen (secondary N) is 3. The summed E-state index contributed by atoms with van der Waals surface area (Å²) < 4.78 is 0. The molecule has 0 radical (unpaired) electrons. The Balaban J connectivity index is 1.61. The molecule has 9 N–H and O–H groups in total. The van der Waals surface area contributed by atoms with Crippen molar-refractivity contribution in [2.45, 2.75) is 32.4 Å². The predicted octanol–water partition coefficient (Wildman–Crippen LogP) is 1.99. The smallest absolute Gasteiger partial charge is 0.165 e. The maximum Gasteiger partial charge on any atom is 0.165 e. The molecule has 0 unspecified atom stereocenters. The number of benzene rings is 1. The van der Waals surface area contributed by atoms with E-state index in [1.54, 1.807) is 6.07 Å². The summed E-state index contributed by atoms with van der Waals surface area (Å²) in [5.41, 5.74) is 18.9. The van der Waals surface area contributed by atoms with Gasteiger partial charge >= 0.3 is 0 Å². The summed E-state index contributed by atoms with van der Waals surface area (Å²) in [6.07, 6.45) is 6.21. The van der Waals surface area contributed by atoms with Gasteiger partial charge in [0.05, 0.1) is 5.69 Å². The van der Waals surface area contributed by atoms with Crippen LogP contribution in [0.5, 0.6) is 0 Å². The number of likely N-dealkylation sites (tertiary alicyclic amines) is 1. The lowest BCUT2D eigenvalue weighted by molar-refractivity contribution is 0.331. The number of rotatable bonds is 9. The Hall–Kier alpha value is -3.10. The second kappa shape index (κ2) is 9.90. The summed E-state index contributed by atoms with van der Waals surface area (Å²) in [4.78, 5) is 6.55. The van der Waals surface area contributed by atoms with Crippen LogP contribution >= 0.6 is 0 Å². The van der Waals surface area contributed by atoms with E-state index < -0.39 is 0 Å². The van der Waals surface area contributed by atoms with Gasteiger partial charge in [0.2, 0.25) is 0 Å². The molecule has 8 nitrogen and oxygen atoms in total. The topological polar surface area (TPSA) is 142 Å². The lowest BCUT2D eigenvalue weighted by atomic mass is 10.1. The SMILES string of the molecule is N=C/C(=C\NCc1cccc(CN2CCCC2)c1)Cc1cc(N)nc(NN)c1N. The van der Waals surface area contributed by atoms with Crippen LogP contribution in [0.3, 0.4) is 0 Å². The molecule has 1 saturated heterocycles. The van der Waals surface area contributed by atoms with Crippen LogP contribution in [0, 0.1) is 5.41 Å². The van der Waals surface area contributed by atoms with Crippen LogP contribution in [0.4, 0.5) is 17.3 Å². The summed E-state index contributed by atoms with van der Waals surface area (Å²) in [6, 6.07) is 10.3. The van der Waals surface area contributed by atoms with Crippen LogP contribution in [0.15, 0.2) is 42.1 Å². The van der Waals surface area contributed by atoms with Gasteiger partial charge in [0.25, 0.3) is 0 Å². The molecular weight excluding hydrogens is 364 g/mol. The zero-order valence-electron chi connectivity index (χ0n) is 16.6. The Morgan fingerprint density at radius 3 is 2.66 bits per heavy atom. The maximum absolute atomic E-state index is 7.71. The molecular formula is C21H30N8. The first-order valence-corrected chi connectivity index (χ1v) is 9.83. The first kappa shape index (κ1) is 20.6. The highest BCUT2D eigenvalue weighted by molar-refractivity contribution is 5.78. The number of hydrogen-bond acceptors (Lipinski definition) is 8. The molecule has 0 atom stereocenters. The van der Waals surface area contributed by atoms with Crippen LogP contribution in [0.25, 0.3) is 0 Å². The van der Waals surface area contributed by atoms with Gasteiger partial charge in [-0.1, -0.05) is 24.3 Å². The van der Waals surface area contributed by atoms with E-state index in [1.165, 1.54) is 43.3 Å². The Bertz CT molecular complexity index is 871. The summed E-state index contributed by atoms with van der Waals surface area (Å²) in [5.74, 6) is 6.10. The summed E-state index contributed by atoms with van der Waals surface area (Å²) in [5, 5.41) is 11.0. The van der Waals surface area contributed by atoms with Crippen molar-refractivity contribution in [1.29, 1.82) is 5.41 Å². The Morgan fingerprint density at radius 1 is 1.17 bits per heavy atom. The fourth-order valence-corrected chi connectivity index (χ4v) is 3.59. The van der Waals surface area contributed by atoms with Gasteiger partial charge < -0.3 is 27.6 Å². The molecule has 1 aromatic carbocycles. The number of anilines is 3. The molecule has 3 rings (SSSR count). The Labute approximate surface area is 171 Å². The first-order chi connectivity index (χ1) is 14.1. The van der Waals surface area contributed by atoms with Crippen LogP contribution in [0.2, 0.25) is 0 Å². The monoisotopic (exact) mass is 394 g/mol. The molecule has 154 valence electrons. The van der Waals surface area contributed by atoms with E-state index in [0.717, 1.165) is 17.7 Å². The van der Waals surface area contributed by atoms with Gasteiger partial charge in [0, 0.05) is 31.9 Å². The van der Waals surface area contributed by atoms with Crippen molar-refractivity contribution in [3.63, 3.8) is 0 Å². The van der Waals surface area contributed by atoms with E-state index in [2.05, 4.69) is 44.9 Å². The van der Waals surface area contributed by atoms with Crippen LogP contribution in [-0.2, 0) is 19.5 Å². The van der Waals surface area contributed by atoms with Crippen LogP contribution < -0.4 is 28.1 Å². The maximum atomic E-state index is 7.71. The van der Waals surface area contributed by atoms with Crippen molar-refractivity contribution in [3.05, 3.63) is 58.8 Å². The highest BCUT2D eigenvalue weighted by Crippen LogP contribution is 2.24. The number of hydrazine groups is 1. The number of aromatic nitrogens is 1. The highest BCUT2D eigenvalue weighted by atomic mass is 15.3. The van der Waals surface area contributed by atoms with E-state index in [1.807, 2.05) is 6.20 Å². The standard InChI is InChI=1S/C21H30N8/c22-11-17(9-18-10-19(23)27-21(28-25)20(18)24)13-26-12-15-4-3-5-16(8-15)14-29-6-1-2-7-29/h3-5,8,10-11,13,22,26H,1-2,6-7,9,12,14,24-25H2,(H3,23,27,28)/b17-13-,22-11?. The van der Waals surface area contributed by atoms with Gasteiger partial charge in [-0.15, -0.1) is 0 Å². The summed E-state index contributed by atoms with van der Waals surface area (Å²) >= 11 is 0. The number of nitrogens with two attached hydrogens (primary N) is 3. The van der Waals surface area contributed by atoms with Crippen molar-refractivity contribution < 1.29 is 0 Å². The van der Waals surface area contributed by atoms with E-state index in [4.69, 9.17) is 22.7 Å². The van der Waals surface area contributed by atoms with Crippen molar-refractivity contribution in [2.75, 3.05) is 30.0 Å². The van der Waals surface area contributed by atoms with Gasteiger partial charge in [-0.2, -0.15) is 0 Å². The van der Waals surface area contributed by atoms with E-state index in [0.29, 0.717) is 30.3 Å². The minimum absolute atomic E-state index is 0.328. The molecule has 0 spiro atoms. The zero-order valence-corrected chi connectivity index (χ0v) is 16.6. The second-order valence-corrected chi connectivity index (χ2v) is 7.34. The molecule has 2 heterocycles. The molecule has 0 bridgehead atoms. The molecule has 0 saturated carbocycles. The quantitative estimate of drug-likeness (QED) is 0.217. The minimum Gasteiger partial charge on any atom is -0.395 e. The molecule has 1 aliphatic heterocycles. The Morgan fingerprint density at radius 2 is 1.93 bits per heavy atom. The third kappa shape index (κ3) is 5.69. The van der Waals surface area contributed by atoms with Gasteiger partial charge in [-0.25, -0.2) is 10.8 Å². The molecule has 0 aliphatic carbocycles. The molecule has 1 aromatic heterocycles. The molecule has 2 aromatic rings. The highest BCUT2D eigenvalue weighted by Gasteiger charge is 2.12. The van der Waals surface area contributed by atoms with Crippen LogP contribution in [-0.4, -0.2) is 29.2 Å². The lowest BCUT2D eigenvalue weighted by Gasteiger charge is -2.15. The van der Waals surface area contributed by atoms with Crippen LogP contribution in [0.1, 0.15) is 29.5 Å². The number of nitrogen functional groups attached to an aromatic ring is 3. The number of allylic oxidation sites excluding steroid dienone is 1. The van der Waals surface area contributed by atoms with Crippen molar-refractivity contribution in [3.8, 4) is 0 Å². The van der Waals surface area contributed by atoms with E-state index in [-0.39, 0.29) is 0 Å². The molecule has 8 heteroatoms. The van der Waals surface area contributed by atoms with Gasteiger partial charge in [0.15, 0.2) is 5.82 Å². The Kier molecular flexibility index (Phi) is 7.04. The van der Waals surface area contributed by atoms with Gasteiger partial charge in [0.1, 0.15) is 5.82 Å². The third-order valence-corrected chi connectivity index (χ3v) is 5.07. The number of nitrogens with zero attached hydrogens (tertiary/aromatic N) is 2. The molecule has 0 amide bonds. The largest absolute Gasteiger partial charge is 0.395 e. The van der Waals surface area contributed by atoms with E-state index >= 15 is 0 Å². The minimum atomic E-state index is 0.328. The fraction of sp³-hybridized carbons (Fsp3) is 0.333. The van der Waals surface area contributed by atoms with Gasteiger partial charge in [-0.3, -0.25) is 4.90 Å².